The minimum Gasteiger partial charge on any atom is -0.396 e. The van der Waals surface area contributed by atoms with Crippen LogP contribution in [0.25, 0.3) is 0 Å². The first-order valence-corrected chi connectivity index (χ1v) is 7.65. The molecule has 0 saturated heterocycles. The van der Waals surface area contributed by atoms with E-state index in [0.717, 1.165) is 0 Å². The highest BCUT2D eigenvalue weighted by atomic mass is 32.2. The zero-order chi connectivity index (χ0) is 13.7. The molecule has 1 aromatic rings. The summed E-state index contributed by atoms with van der Waals surface area (Å²) in [4.78, 5) is 3.48. The Balaban J connectivity index is 3.03. The first kappa shape index (κ1) is 15.5. The molecule has 0 amide bonds. The van der Waals surface area contributed by atoms with Crippen LogP contribution in [0, 0.1) is 11.8 Å². The lowest BCUT2D eigenvalue weighted by molar-refractivity contribution is 0.100. The molecule has 0 aliphatic heterocycles. The fourth-order valence-corrected chi connectivity index (χ4v) is 2.81. The smallest absolute Gasteiger partial charge is 0.0480 e. The zero-order valence-electron chi connectivity index (χ0n) is 12.1. The Morgan fingerprint density at radius 3 is 2.06 bits per heavy atom. The average Bonchev–Trinajstić information content (AvgIpc) is 2.35. The van der Waals surface area contributed by atoms with Crippen LogP contribution in [0.4, 0.5) is 0 Å². The van der Waals surface area contributed by atoms with Gasteiger partial charge in [-0.15, -0.1) is 11.8 Å². The minimum absolute atomic E-state index is 0.227. The van der Waals surface area contributed by atoms with Gasteiger partial charge in [0.2, 0.25) is 0 Å². The van der Waals surface area contributed by atoms with Crippen molar-refractivity contribution < 1.29 is 5.11 Å². The molecule has 2 nitrogen and oxygen atoms in total. The fourth-order valence-electron chi connectivity index (χ4n) is 2.40. The van der Waals surface area contributed by atoms with Gasteiger partial charge in [-0.05, 0) is 44.0 Å². The van der Waals surface area contributed by atoms with Crippen molar-refractivity contribution in [1.29, 1.82) is 0 Å². The summed E-state index contributed by atoms with van der Waals surface area (Å²) in [5.41, 5.74) is 1.28. The molecule has 0 radical (unpaired) electrons. The Hall–Kier alpha value is -0.510. The Morgan fingerprint density at radius 2 is 1.72 bits per heavy atom. The summed E-state index contributed by atoms with van der Waals surface area (Å²) in [6.45, 7) is 4.58. The van der Waals surface area contributed by atoms with E-state index in [1.165, 1.54) is 10.5 Å². The highest BCUT2D eigenvalue weighted by Gasteiger charge is 2.27. The summed E-state index contributed by atoms with van der Waals surface area (Å²) >= 11 is 1.76. The van der Waals surface area contributed by atoms with Gasteiger partial charge in [0.15, 0.2) is 0 Å². The highest BCUT2D eigenvalue weighted by molar-refractivity contribution is 7.98. The second-order valence-electron chi connectivity index (χ2n) is 5.27. The average molecular weight is 267 g/mol. The van der Waals surface area contributed by atoms with Crippen LogP contribution in [0.1, 0.15) is 25.5 Å². The van der Waals surface area contributed by atoms with E-state index in [9.17, 15) is 5.11 Å². The predicted molar refractivity (Wildman–Crippen MR) is 80.1 cm³/mol. The van der Waals surface area contributed by atoms with E-state index in [1.54, 1.807) is 11.8 Å². The number of nitrogens with zero attached hydrogens (tertiary/aromatic N) is 1. The standard InChI is InChI=1S/C15H25NOS/c1-11(2)14(10-17)15(16(3)4)12-6-8-13(18-5)9-7-12/h6-9,11,14-15,17H,10H2,1-5H3. The van der Waals surface area contributed by atoms with Crippen LogP contribution in [0.15, 0.2) is 29.2 Å². The van der Waals surface area contributed by atoms with Crippen molar-refractivity contribution in [3.05, 3.63) is 29.8 Å². The Labute approximate surface area is 115 Å². The van der Waals surface area contributed by atoms with Crippen molar-refractivity contribution in [3.63, 3.8) is 0 Å². The van der Waals surface area contributed by atoms with Gasteiger partial charge in [-0.25, -0.2) is 0 Å². The van der Waals surface area contributed by atoms with E-state index in [-0.39, 0.29) is 18.6 Å². The van der Waals surface area contributed by atoms with Crippen molar-refractivity contribution in [1.82, 2.24) is 4.90 Å². The van der Waals surface area contributed by atoms with Gasteiger partial charge in [0.25, 0.3) is 0 Å². The van der Waals surface area contributed by atoms with Crippen LogP contribution < -0.4 is 0 Å². The second kappa shape index (κ2) is 7.17. The molecule has 0 heterocycles. The van der Waals surface area contributed by atoms with E-state index in [4.69, 9.17) is 0 Å². The third kappa shape index (κ3) is 3.74. The number of rotatable bonds is 6. The third-order valence-electron chi connectivity index (χ3n) is 3.49. The lowest BCUT2D eigenvalue weighted by Gasteiger charge is -2.34. The van der Waals surface area contributed by atoms with Crippen molar-refractivity contribution in [2.75, 3.05) is 27.0 Å². The lowest BCUT2D eigenvalue weighted by Crippen LogP contribution is -2.32. The largest absolute Gasteiger partial charge is 0.396 e. The monoisotopic (exact) mass is 267 g/mol. The maximum atomic E-state index is 9.65. The molecule has 0 aromatic heterocycles. The number of benzene rings is 1. The third-order valence-corrected chi connectivity index (χ3v) is 4.23. The molecule has 0 saturated carbocycles. The van der Waals surface area contributed by atoms with Crippen molar-refractivity contribution in [3.8, 4) is 0 Å². The summed E-state index contributed by atoms with van der Waals surface area (Å²) in [6.07, 6.45) is 2.09. The Bertz CT molecular complexity index is 348. The second-order valence-corrected chi connectivity index (χ2v) is 6.15. The maximum Gasteiger partial charge on any atom is 0.0480 e. The molecule has 18 heavy (non-hydrogen) atoms. The number of hydrogen-bond acceptors (Lipinski definition) is 3. The SMILES string of the molecule is CSc1ccc(C(C(CO)C(C)C)N(C)C)cc1. The molecule has 0 fully saturated rings. The van der Waals surface area contributed by atoms with Crippen LogP contribution in [-0.2, 0) is 0 Å². The van der Waals surface area contributed by atoms with Crippen LogP contribution in [0.5, 0.6) is 0 Å². The topological polar surface area (TPSA) is 23.5 Å². The molecule has 0 bridgehead atoms. The lowest BCUT2D eigenvalue weighted by atomic mass is 9.84. The van der Waals surface area contributed by atoms with Gasteiger partial charge in [-0.2, -0.15) is 0 Å². The van der Waals surface area contributed by atoms with E-state index in [1.807, 2.05) is 0 Å². The van der Waals surface area contributed by atoms with E-state index in [2.05, 4.69) is 63.4 Å². The van der Waals surface area contributed by atoms with Gasteiger partial charge in [0.1, 0.15) is 0 Å². The maximum absolute atomic E-state index is 9.65. The van der Waals surface area contributed by atoms with Gasteiger partial charge in [-0.1, -0.05) is 26.0 Å². The molecule has 3 heteroatoms. The molecule has 0 spiro atoms. The normalized spacial score (nSPS) is 15.1. The molecular formula is C15H25NOS. The quantitative estimate of drug-likeness (QED) is 0.800. The Morgan fingerprint density at radius 1 is 1.17 bits per heavy atom. The molecule has 2 atom stereocenters. The van der Waals surface area contributed by atoms with Gasteiger partial charge in [0, 0.05) is 23.5 Å². The first-order chi connectivity index (χ1) is 8.51. The molecule has 1 N–H and O–H groups in total. The van der Waals surface area contributed by atoms with Gasteiger partial charge in [0.05, 0.1) is 0 Å². The Kier molecular flexibility index (Phi) is 6.19. The van der Waals surface area contributed by atoms with Crippen molar-refractivity contribution >= 4 is 11.8 Å². The van der Waals surface area contributed by atoms with Crippen LogP contribution >= 0.6 is 11.8 Å². The van der Waals surface area contributed by atoms with E-state index in [0.29, 0.717) is 5.92 Å². The van der Waals surface area contributed by atoms with Gasteiger partial charge in [-0.3, -0.25) is 0 Å². The zero-order valence-corrected chi connectivity index (χ0v) is 12.9. The summed E-state index contributed by atoms with van der Waals surface area (Å²) in [5.74, 6) is 0.725. The van der Waals surface area contributed by atoms with E-state index < -0.39 is 0 Å². The predicted octanol–water partition coefficient (Wildman–Crippen LogP) is 3.28. The summed E-state index contributed by atoms with van der Waals surface area (Å²) < 4.78 is 0. The minimum atomic E-state index is 0.227. The number of aliphatic hydroxyl groups is 1. The van der Waals surface area contributed by atoms with Gasteiger partial charge < -0.3 is 10.0 Å². The van der Waals surface area contributed by atoms with Gasteiger partial charge >= 0.3 is 0 Å². The molecule has 102 valence electrons. The van der Waals surface area contributed by atoms with Crippen LogP contribution in [0.2, 0.25) is 0 Å². The fraction of sp³-hybridized carbons (Fsp3) is 0.600. The van der Waals surface area contributed by atoms with Crippen molar-refractivity contribution in [2.45, 2.75) is 24.8 Å². The van der Waals surface area contributed by atoms with E-state index >= 15 is 0 Å². The summed E-state index contributed by atoms with van der Waals surface area (Å²) in [5, 5.41) is 9.65. The molecule has 1 rings (SSSR count). The summed E-state index contributed by atoms with van der Waals surface area (Å²) in [7, 11) is 4.16. The van der Waals surface area contributed by atoms with Crippen LogP contribution in [0.3, 0.4) is 0 Å². The highest BCUT2D eigenvalue weighted by Crippen LogP contribution is 2.32. The molecule has 0 aliphatic rings. The molecular weight excluding hydrogens is 242 g/mol. The number of hydrogen-bond donors (Lipinski definition) is 1. The number of thioether (sulfide) groups is 1. The number of aliphatic hydroxyl groups excluding tert-OH is 1. The molecule has 0 aliphatic carbocycles. The molecule has 2 unspecified atom stereocenters. The summed E-state index contributed by atoms with van der Waals surface area (Å²) in [6, 6.07) is 8.95. The van der Waals surface area contributed by atoms with Crippen molar-refractivity contribution in [2.24, 2.45) is 11.8 Å². The molecule has 1 aromatic carbocycles. The first-order valence-electron chi connectivity index (χ1n) is 6.42. The van der Waals surface area contributed by atoms with Crippen LogP contribution in [-0.4, -0.2) is 37.0 Å².